The second-order valence-electron chi connectivity index (χ2n) is 6.35. The highest BCUT2D eigenvalue weighted by molar-refractivity contribution is 6.53. The molecule has 0 unspecified atom stereocenters. The molecule has 2 amide bonds. The summed E-state index contributed by atoms with van der Waals surface area (Å²) in [6.45, 7) is 5.94. The van der Waals surface area contributed by atoms with Crippen LogP contribution in [0.3, 0.4) is 0 Å². The minimum atomic E-state index is -1.78. The van der Waals surface area contributed by atoms with Gasteiger partial charge in [-0.05, 0) is 25.0 Å². The second kappa shape index (κ2) is 6.32. The molecule has 3 atom stereocenters. The number of hydrogen-bond acceptors (Lipinski definition) is 4. The van der Waals surface area contributed by atoms with E-state index in [2.05, 4.69) is 6.58 Å². The van der Waals surface area contributed by atoms with Crippen molar-refractivity contribution in [3.63, 3.8) is 0 Å². The van der Waals surface area contributed by atoms with E-state index in [4.69, 9.17) is 27.9 Å². The predicted octanol–water partition coefficient (Wildman–Crippen LogP) is 3.34. The molecule has 0 radical (unpaired) electrons. The van der Waals surface area contributed by atoms with E-state index in [9.17, 15) is 14.7 Å². The summed E-state index contributed by atoms with van der Waals surface area (Å²) in [4.78, 5) is 23.2. The van der Waals surface area contributed by atoms with Crippen LogP contribution in [0.4, 0.5) is 0 Å². The number of nitrogens with zero attached hydrogens (tertiary/aromatic N) is 1. The smallest absolute Gasteiger partial charge is 0.253 e. The number of phenolic OH excluding ortho intramolecular Hbond substituents is 1. The molecule has 0 bridgehead atoms. The zero-order valence-electron chi connectivity index (χ0n) is 14.5. The normalized spacial score (nSPS) is 30.8. The predicted molar refractivity (Wildman–Crippen MR) is 99.9 cm³/mol. The lowest BCUT2D eigenvalue weighted by Crippen LogP contribution is -2.54. The van der Waals surface area contributed by atoms with E-state index in [1.54, 1.807) is 37.3 Å². The molecule has 0 saturated carbocycles. The van der Waals surface area contributed by atoms with Crippen molar-refractivity contribution < 1.29 is 19.4 Å². The molecule has 1 fully saturated rings. The van der Waals surface area contributed by atoms with E-state index in [1.807, 2.05) is 0 Å². The number of allylic oxidation sites excluding steroid dienone is 3. The average molecular weight is 396 g/mol. The number of para-hydroxylation sites is 1. The van der Waals surface area contributed by atoms with Crippen molar-refractivity contribution in [3.05, 3.63) is 48.1 Å². The second-order valence-corrected chi connectivity index (χ2v) is 7.60. The summed E-state index contributed by atoms with van der Waals surface area (Å²) in [5.41, 5.74) is 0.981. The van der Waals surface area contributed by atoms with Gasteiger partial charge in [-0.15, -0.1) is 23.2 Å². The fraction of sp³-hybridized carbons (Fsp3) is 0.368. The molecule has 1 aliphatic carbocycles. The van der Waals surface area contributed by atoms with Crippen LogP contribution in [0.15, 0.2) is 42.5 Å². The number of halogens is 2. The SMILES string of the molecule is C=CC1=CC[C@@]2(Cl)C(=O)N(C)C(=O)[C@@]2(Cl)[C@H]1c1cccc(OCC)c1O. The fourth-order valence-corrected chi connectivity index (χ4v) is 4.68. The number of alkyl halides is 2. The van der Waals surface area contributed by atoms with Gasteiger partial charge in [0.2, 0.25) is 0 Å². The van der Waals surface area contributed by atoms with Crippen LogP contribution in [0.5, 0.6) is 11.5 Å². The number of imide groups is 1. The van der Waals surface area contributed by atoms with Crippen LogP contribution in [0.1, 0.15) is 24.8 Å². The van der Waals surface area contributed by atoms with Gasteiger partial charge in [0.1, 0.15) is 0 Å². The molecule has 1 aromatic carbocycles. The average Bonchev–Trinajstić information content (AvgIpc) is 2.76. The standard InChI is InChI=1S/C19H19Cl2NO4/c1-4-11-9-10-18(20)16(24)22(3)17(25)19(18,21)14(11)12-7-6-8-13(15(12)23)26-5-2/h4,6-9,14,23H,1,5,10H2,2-3H3/t14-,18-,19+/m1/s1. The molecule has 138 valence electrons. The Morgan fingerprint density at radius 3 is 2.69 bits per heavy atom. The van der Waals surface area contributed by atoms with Gasteiger partial charge >= 0.3 is 0 Å². The maximum atomic E-state index is 13.0. The number of likely N-dealkylation sites (tertiary alicyclic amines) is 1. The van der Waals surface area contributed by atoms with Crippen LogP contribution >= 0.6 is 23.2 Å². The van der Waals surface area contributed by atoms with Gasteiger partial charge < -0.3 is 9.84 Å². The van der Waals surface area contributed by atoms with Crippen molar-refractivity contribution in [2.24, 2.45) is 0 Å². The summed E-state index contributed by atoms with van der Waals surface area (Å²) in [6.07, 6.45) is 3.40. The molecular weight excluding hydrogens is 377 g/mol. The zero-order valence-corrected chi connectivity index (χ0v) is 16.0. The largest absolute Gasteiger partial charge is 0.504 e. The van der Waals surface area contributed by atoms with Crippen molar-refractivity contribution in [1.29, 1.82) is 0 Å². The van der Waals surface area contributed by atoms with Gasteiger partial charge in [-0.2, -0.15) is 0 Å². The Morgan fingerprint density at radius 2 is 2.08 bits per heavy atom. The topological polar surface area (TPSA) is 66.8 Å². The maximum Gasteiger partial charge on any atom is 0.253 e. The Morgan fingerprint density at radius 1 is 1.38 bits per heavy atom. The lowest BCUT2D eigenvalue weighted by molar-refractivity contribution is -0.137. The quantitative estimate of drug-likeness (QED) is 0.626. The van der Waals surface area contributed by atoms with Gasteiger partial charge in [0, 0.05) is 18.5 Å². The third-order valence-corrected chi connectivity index (χ3v) is 6.48. The number of carbonyl (C=O) groups excluding carboxylic acids is 2. The number of phenols is 1. The van der Waals surface area contributed by atoms with Gasteiger partial charge in [0.15, 0.2) is 21.2 Å². The summed E-state index contributed by atoms with van der Waals surface area (Å²) in [5.74, 6) is -1.87. The molecule has 0 spiro atoms. The van der Waals surface area contributed by atoms with Gasteiger partial charge in [0.25, 0.3) is 11.8 Å². The van der Waals surface area contributed by atoms with Crippen LogP contribution < -0.4 is 4.74 Å². The number of ether oxygens (including phenoxy) is 1. The first-order valence-electron chi connectivity index (χ1n) is 8.21. The van der Waals surface area contributed by atoms with E-state index < -0.39 is 27.5 Å². The van der Waals surface area contributed by atoms with Gasteiger partial charge in [0.05, 0.1) is 6.61 Å². The van der Waals surface area contributed by atoms with Crippen molar-refractivity contribution >= 4 is 35.0 Å². The van der Waals surface area contributed by atoms with Gasteiger partial charge in [-0.3, -0.25) is 14.5 Å². The molecule has 5 nitrogen and oxygen atoms in total. The van der Waals surface area contributed by atoms with Gasteiger partial charge in [-0.1, -0.05) is 30.9 Å². The van der Waals surface area contributed by atoms with E-state index in [1.165, 1.54) is 7.05 Å². The first-order valence-corrected chi connectivity index (χ1v) is 8.97. The van der Waals surface area contributed by atoms with Crippen LogP contribution in [0.2, 0.25) is 0 Å². The Bertz CT molecular complexity index is 837. The highest BCUT2D eigenvalue weighted by Gasteiger charge is 2.72. The molecule has 1 saturated heterocycles. The Balaban J connectivity index is 2.28. The molecule has 1 aromatic rings. The summed E-state index contributed by atoms with van der Waals surface area (Å²) in [7, 11) is 1.36. The molecule has 1 N–H and O–H groups in total. The van der Waals surface area contributed by atoms with Crippen molar-refractivity contribution in [1.82, 2.24) is 4.90 Å². The number of hydrogen-bond donors (Lipinski definition) is 1. The van der Waals surface area contributed by atoms with E-state index in [0.717, 1.165) is 4.90 Å². The molecule has 1 heterocycles. The fourth-order valence-electron chi connectivity index (χ4n) is 3.76. The van der Waals surface area contributed by atoms with Crippen LogP contribution in [0, 0.1) is 0 Å². The molecule has 3 rings (SSSR count). The zero-order chi connectivity index (χ0) is 19.3. The lowest BCUT2D eigenvalue weighted by Gasteiger charge is -2.42. The highest BCUT2D eigenvalue weighted by atomic mass is 35.5. The minimum absolute atomic E-state index is 0.0940. The molecule has 1 aliphatic heterocycles. The van der Waals surface area contributed by atoms with E-state index in [0.29, 0.717) is 17.7 Å². The summed E-state index contributed by atoms with van der Waals surface area (Å²) in [5, 5.41) is 10.7. The van der Waals surface area contributed by atoms with Crippen molar-refractivity contribution in [2.75, 3.05) is 13.7 Å². The molecule has 2 aliphatic rings. The monoisotopic (exact) mass is 395 g/mol. The van der Waals surface area contributed by atoms with Crippen molar-refractivity contribution in [2.45, 2.75) is 29.0 Å². The number of fused-ring (bicyclic) bond motifs is 1. The van der Waals surface area contributed by atoms with Crippen LogP contribution in [0.25, 0.3) is 0 Å². The third kappa shape index (κ3) is 2.23. The number of amides is 2. The highest BCUT2D eigenvalue weighted by Crippen LogP contribution is 2.60. The minimum Gasteiger partial charge on any atom is -0.504 e. The Hall–Kier alpha value is -1.98. The maximum absolute atomic E-state index is 13.0. The van der Waals surface area contributed by atoms with Crippen LogP contribution in [-0.2, 0) is 9.59 Å². The molecule has 26 heavy (non-hydrogen) atoms. The number of carbonyl (C=O) groups is 2. The van der Waals surface area contributed by atoms with E-state index in [-0.39, 0.29) is 17.9 Å². The van der Waals surface area contributed by atoms with E-state index >= 15 is 0 Å². The summed E-state index contributed by atoms with van der Waals surface area (Å²) in [6, 6.07) is 4.95. The molecule has 7 heteroatoms. The number of benzene rings is 1. The van der Waals surface area contributed by atoms with Crippen LogP contribution in [-0.4, -0.2) is 45.2 Å². The first-order chi connectivity index (χ1) is 12.2. The number of aromatic hydroxyl groups is 1. The third-order valence-electron chi connectivity index (χ3n) is 5.06. The van der Waals surface area contributed by atoms with Gasteiger partial charge in [-0.25, -0.2) is 0 Å². The summed E-state index contributed by atoms with van der Waals surface area (Å²) >= 11 is 13.5. The Labute approximate surface area is 161 Å². The Kier molecular flexibility index (Phi) is 4.57. The summed E-state index contributed by atoms with van der Waals surface area (Å²) < 4.78 is 5.44. The number of rotatable bonds is 4. The molecule has 0 aromatic heterocycles. The molecular formula is C19H19Cl2NO4. The first kappa shape index (κ1) is 18.8. The van der Waals surface area contributed by atoms with Crippen molar-refractivity contribution in [3.8, 4) is 11.5 Å². The lowest BCUT2D eigenvalue weighted by atomic mass is 9.68.